The second-order valence-electron chi connectivity index (χ2n) is 5.33. The summed E-state index contributed by atoms with van der Waals surface area (Å²) in [5.41, 5.74) is 1.47. The van der Waals surface area contributed by atoms with Crippen molar-refractivity contribution in [2.75, 3.05) is 5.34 Å². The molecule has 0 aromatic heterocycles. The van der Waals surface area contributed by atoms with Crippen molar-refractivity contribution in [1.29, 1.82) is 0 Å². The highest BCUT2D eigenvalue weighted by molar-refractivity contribution is 14.1. The van der Waals surface area contributed by atoms with Crippen LogP contribution in [0.4, 0.5) is 0 Å². The molecule has 0 aliphatic heterocycles. The topological polar surface area (TPSA) is 20.2 Å². The lowest BCUT2D eigenvalue weighted by Crippen LogP contribution is -2.28. The Labute approximate surface area is 204 Å². The second kappa shape index (κ2) is 10.8. The van der Waals surface area contributed by atoms with Crippen LogP contribution in [-0.2, 0) is 5.60 Å². The van der Waals surface area contributed by atoms with E-state index in [0.29, 0.717) is 0 Å². The predicted molar refractivity (Wildman–Crippen MR) is 136 cm³/mol. The van der Waals surface area contributed by atoms with E-state index in [-0.39, 0.29) is 5.34 Å². The van der Waals surface area contributed by atoms with Crippen LogP contribution in [0.25, 0.3) is 0 Å². The SMILES string of the molecule is ClCCl.OC(c1ccc(I)cc1)(c1ccc(I)cc1)c1ccc(I)cc1. The van der Waals surface area contributed by atoms with E-state index in [1.165, 1.54) is 0 Å². The van der Waals surface area contributed by atoms with Crippen molar-refractivity contribution in [3.63, 3.8) is 0 Å². The molecule has 3 aromatic rings. The molecule has 3 aromatic carbocycles. The summed E-state index contributed by atoms with van der Waals surface area (Å²) in [6.07, 6.45) is 0. The number of halogens is 5. The Morgan fingerprint density at radius 3 is 0.962 bits per heavy atom. The molecule has 0 fully saturated rings. The average molecular weight is 723 g/mol. The van der Waals surface area contributed by atoms with Crippen LogP contribution in [0.3, 0.4) is 0 Å². The first-order valence-electron chi connectivity index (χ1n) is 7.54. The molecule has 1 N–H and O–H groups in total. The third-order valence-electron chi connectivity index (χ3n) is 3.79. The standard InChI is InChI=1S/C19H13I3O.CH2Cl2/c20-16-7-1-13(2-8-16)19(23,14-3-9-17(21)10-4-14)15-5-11-18(22)12-6-15;2-1-3/h1-12,23H;1H2. The molecular formula is C20H15Cl2I3O. The number of benzene rings is 3. The molecule has 0 spiro atoms. The highest BCUT2D eigenvalue weighted by Gasteiger charge is 2.33. The molecule has 0 saturated heterocycles. The van der Waals surface area contributed by atoms with Crippen LogP contribution in [0.2, 0.25) is 0 Å². The summed E-state index contributed by atoms with van der Waals surface area (Å²) in [7, 11) is 0. The van der Waals surface area contributed by atoms with Gasteiger partial charge in [-0.2, -0.15) is 0 Å². The van der Waals surface area contributed by atoms with Crippen LogP contribution >= 0.6 is 91.0 Å². The fraction of sp³-hybridized carbons (Fsp3) is 0.100. The quantitative estimate of drug-likeness (QED) is 0.172. The second-order valence-corrected chi connectivity index (χ2v) is 9.88. The largest absolute Gasteiger partial charge is 0.376 e. The van der Waals surface area contributed by atoms with Gasteiger partial charge < -0.3 is 5.11 Å². The zero-order valence-corrected chi connectivity index (χ0v) is 21.5. The Bertz CT molecular complexity index is 708. The molecule has 0 saturated carbocycles. The summed E-state index contributed by atoms with van der Waals surface area (Å²) >= 11 is 16.4. The Morgan fingerprint density at radius 2 is 0.769 bits per heavy atom. The van der Waals surface area contributed by atoms with Gasteiger partial charge in [0.2, 0.25) is 0 Å². The Kier molecular flexibility index (Phi) is 9.42. The van der Waals surface area contributed by atoms with Crippen molar-refractivity contribution in [2.45, 2.75) is 5.60 Å². The molecule has 0 unspecified atom stereocenters. The van der Waals surface area contributed by atoms with Gasteiger partial charge >= 0.3 is 0 Å². The van der Waals surface area contributed by atoms with Crippen molar-refractivity contribution >= 4 is 91.0 Å². The minimum Gasteiger partial charge on any atom is -0.376 e. The van der Waals surface area contributed by atoms with Gasteiger partial charge in [0.05, 0.1) is 5.34 Å². The maximum atomic E-state index is 11.7. The van der Waals surface area contributed by atoms with Gasteiger partial charge in [0.25, 0.3) is 0 Å². The molecule has 6 heteroatoms. The first-order chi connectivity index (χ1) is 12.4. The number of hydrogen-bond acceptors (Lipinski definition) is 1. The summed E-state index contributed by atoms with van der Waals surface area (Å²) < 4.78 is 3.46. The van der Waals surface area contributed by atoms with Gasteiger partial charge in [0.15, 0.2) is 0 Å². The van der Waals surface area contributed by atoms with Crippen LogP contribution in [0.15, 0.2) is 72.8 Å². The number of rotatable bonds is 3. The highest BCUT2D eigenvalue weighted by atomic mass is 127. The normalized spacial score (nSPS) is 10.8. The van der Waals surface area contributed by atoms with Crippen LogP contribution in [0.1, 0.15) is 16.7 Å². The van der Waals surface area contributed by atoms with Gasteiger partial charge in [-0.3, -0.25) is 0 Å². The summed E-state index contributed by atoms with van der Waals surface area (Å²) in [5, 5.41) is 11.9. The van der Waals surface area contributed by atoms with Crippen molar-refractivity contribution in [3.8, 4) is 0 Å². The molecule has 0 amide bonds. The lowest BCUT2D eigenvalue weighted by atomic mass is 9.80. The molecular weight excluding hydrogens is 708 g/mol. The monoisotopic (exact) mass is 722 g/mol. The minimum absolute atomic E-state index is 0.194. The Hall–Kier alpha value is 0.390. The van der Waals surface area contributed by atoms with E-state index in [0.717, 1.165) is 27.4 Å². The first-order valence-corrected chi connectivity index (χ1v) is 11.8. The third kappa shape index (κ3) is 5.70. The van der Waals surface area contributed by atoms with E-state index in [1.807, 2.05) is 72.8 Å². The highest BCUT2D eigenvalue weighted by Crippen LogP contribution is 2.37. The number of alkyl halides is 2. The van der Waals surface area contributed by atoms with Crippen LogP contribution in [-0.4, -0.2) is 10.4 Å². The fourth-order valence-electron chi connectivity index (χ4n) is 2.57. The zero-order valence-electron chi connectivity index (χ0n) is 13.5. The maximum Gasteiger partial charge on any atom is 0.140 e. The van der Waals surface area contributed by atoms with Gasteiger partial charge in [-0.25, -0.2) is 0 Å². The summed E-state index contributed by atoms with van der Waals surface area (Å²) in [5.74, 6) is 0. The van der Waals surface area contributed by atoms with Crippen molar-refractivity contribution in [3.05, 3.63) is 100 Å². The molecule has 3 rings (SSSR count). The van der Waals surface area contributed by atoms with Crippen molar-refractivity contribution in [2.24, 2.45) is 0 Å². The minimum atomic E-state index is -1.15. The van der Waals surface area contributed by atoms with E-state index >= 15 is 0 Å². The van der Waals surface area contributed by atoms with Crippen LogP contribution < -0.4 is 0 Å². The zero-order chi connectivity index (χ0) is 19.2. The molecule has 0 aliphatic rings. The smallest absolute Gasteiger partial charge is 0.140 e. The van der Waals surface area contributed by atoms with Crippen molar-refractivity contribution < 1.29 is 5.11 Å². The lowest BCUT2D eigenvalue weighted by molar-refractivity contribution is 0.125. The molecule has 0 aliphatic carbocycles. The summed E-state index contributed by atoms with van der Waals surface area (Å²) in [6, 6.07) is 24.2. The molecule has 0 heterocycles. The van der Waals surface area contributed by atoms with Gasteiger partial charge in [-0.15, -0.1) is 23.2 Å². The Balaban J connectivity index is 0.000000758. The van der Waals surface area contributed by atoms with E-state index in [1.54, 1.807) is 0 Å². The van der Waals surface area contributed by atoms with Crippen LogP contribution in [0, 0.1) is 10.7 Å². The van der Waals surface area contributed by atoms with Crippen molar-refractivity contribution in [1.82, 2.24) is 0 Å². The van der Waals surface area contributed by atoms with Crippen LogP contribution in [0.5, 0.6) is 0 Å². The molecule has 136 valence electrons. The maximum absolute atomic E-state index is 11.7. The molecule has 0 atom stereocenters. The van der Waals surface area contributed by atoms with E-state index < -0.39 is 5.60 Å². The number of hydrogen-bond donors (Lipinski definition) is 1. The third-order valence-corrected chi connectivity index (χ3v) is 5.94. The van der Waals surface area contributed by atoms with E-state index in [4.69, 9.17) is 23.2 Å². The first kappa shape index (κ1) is 22.7. The van der Waals surface area contributed by atoms with Gasteiger partial charge in [0, 0.05) is 10.7 Å². The molecule has 26 heavy (non-hydrogen) atoms. The Morgan fingerprint density at radius 1 is 0.577 bits per heavy atom. The molecule has 0 radical (unpaired) electrons. The fourth-order valence-corrected chi connectivity index (χ4v) is 3.65. The van der Waals surface area contributed by atoms with Gasteiger partial charge in [-0.1, -0.05) is 36.4 Å². The number of aliphatic hydroxyl groups is 1. The average Bonchev–Trinajstić information content (AvgIpc) is 2.63. The molecule has 1 nitrogen and oxygen atoms in total. The van der Waals surface area contributed by atoms with Gasteiger partial charge in [-0.05, 0) is 121 Å². The van der Waals surface area contributed by atoms with E-state index in [2.05, 4.69) is 67.8 Å². The lowest BCUT2D eigenvalue weighted by Gasteiger charge is -2.30. The predicted octanol–water partition coefficient (Wildman–Crippen LogP) is 7.21. The van der Waals surface area contributed by atoms with Gasteiger partial charge in [0.1, 0.15) is 5.60 Å². The molecule has 0 bridgehead atoms. The summed E-state index contributed by atoms with van der Waals surface area (Å²) in [6.45, 7) is 0. The van der Waals surface area contributed by atoms with E-state index in [9.17, 15) is 5.11 Å². The summed E-state index contributed by atoms with van der Waals surface area (Å²) in [4.78, 5) is 0.